The van der Waals surface area contributed by atoms with Gasteiger partial charge in [0, 0.05) is 32.7 Å². The third-order valence-corrected chi connectivity index (χ3v) is 7.13. The van der Waals surface area contributed by atoms with Crippen LogP contribution in [0.4, 0.5) is 0 Å². The van der Waals surface area contributed by atoms with Crippen LogP contribution in [0.25, 0.3) is 0 Å². The number of hydrogen-bond donors (Lipinski definition) is 3. The fourth-order valence-electron chi connectivity index (χ4n) is 3.71. The molecule has 7 nitrogen and oxygen atoms in total. The van der Waals surface area contributed by atoms with E-state index in [-0.39, 0.29) is 37.6 Å². The molecule has 0 bridgehead atoms. The molecule has 1 heterocycles. The summed E-state index contributed by atoms with van der Waals surface area (Å²) in [4.78, 5) is 1.99. The first-order valence-corrected chi connectivity index (χ1v) is 11.1. The van der Waals surface area contributed by atoms with Gasteiger partial charge in [0.2, 0.25) is 10.0 Å². The normalized spacial score (nSPS) is 23.4. The van der Waals surface area contributed by atoms with Crippen LogP contribution in [0, 0.1) is 0 Å². The molecule has 0 radical (unpaired) electrons. The molecule has 1 saturated heterocycles. The zero-order valence-corrected chi connectivity index (χ0v) is 17.1. The average molecular weight is 421 g/mol. The lowest BCUT2D eigenvalue weighted by molar-refractivity contribution is -0.122. The number of benzene rings is 2. The molecule has 8 heteroatoms. The Bertz CT molecular complexity index is 878. The van der Waals surface area contributed by atoms with Crippen LogP contribution in [0.2, 0.25) is 0 Å². The van der Waals surface area contributed by atoms with Gasteiger partial charge in [-0.05, 0) is 24.1 Å². The summed E-state index contributed by atoms with van der Waals surface area (Å²) < 4.78 is 27.2. The van der Waals surface area contributed by atoms with Crippen LogP contribution in [-0.4, -0.2) is 77.4 Å². The quantitative estimate of drug-likeness (QED) is 0.580. The summed E-state index contributed by atoms with van der Waals surface area (Å²) in [7, 11) is -3.77. The lowest BCUT2D eigenvalue weighted by atomic mass is 9.90. The van der Waals surface area contributed by atoms with E-state index in [2.05, 4.69) is 0 Å². The fourth-order valence-corrected chi connectivity index (χ4v) is 5.25. The highest BCUT2D eigenvalue weighted by atomic mass is 32.2. The van der Waals surface area contributed by atoms with E-state index in [1.54, 1.807) is 18.2 Å². The molecule has 1 fully saturated rings. The van der Waals surface area contributed by atoms with Gasteiger partial charge >= 0.3 is 0 Å². The molecule has 3 N–H and O–H groups in total. The highest BCUT2D eigenvalue weighted by molar-refractivity contribution is 7.89. The van der Waals surface area contributed by atoms with Crippen molar-refractivity contribution in [3.63, 3.8) is 0 Å². The van der Waals surface area contributed by atoms with Crippen molar-refractivity contribution < 1.29 is 23.7 Å². The van der Waals surface area contributed by atoms with Crippen LogP contribution in [0.1, 0.15) is 12.0 Å². The predicted molar refractivity (Wildman–Crippen MR) is 110 cm³/mol. The first-order chi connectivity index (χ1) is 13.8. The summed E-state index contributed by atoms with van der Waals surface area (Å²) in [5.74, 6) is 0. The predicted octanol–water partition coefficient (Wildman–Crippen LogP) is 0.667. The summed E-state index contributed by atoms with van der Waals surface area (Å²) in [6.45, 7) is 0.647. The summed E-state index contributed by atoms with van der Waals surface area (Å²) in [6, 6.07) is 17.7. The second-order valence-electron chi connectivity index (χ2n) is 7.48. The van der Waals surface area contributed by atoms with Gasteiger partial charge in [-0.1, -0.05) is 48.5 Å². The number of β-amino-alcohol motifs (C(OH)–C–C–N with tert-alkyl or cyclic N) is 1. The smallest absolute Gasteiger partial charge is 0.243 e. The van der Waals surface area contributed by atoms with Gasteiger partial charge < -0.3 is 15.3 Å². The summed E-state index contributed by atoms with van der Waals surface area (Å²) in [5.41, 5.74) is -0.632. The van der Waals surface area contributed by atoms with Crippen LogP contribution in [0.5, 0.6) is 0 Å². The maximum absolute atomic E-state index is 13.0. The van der Waals surface area contributed by atoms with Crippen molar-refractivity contribution in [2.75, 3.05) is 32.8 Å². The first kappa shape index (κ1) is 21.9. The van der Waals surface area contributed by atoms with Crippen molar-refractivity contribution in [3.8, 4) is 0 Å². The Kier molecular flexibility index (Phi) is 7.05. The Morgan fingerprint density at radius 3 is 2.31 bits per heavy atom. The minimum absolute atomic E-state index is 0.0461. The topological polar surface area (TPSA) is 101 Å². The molecule has 3 rings (SSSR count). The minimum Gasteiger partial charge on any atom is -0.395 e. The standard InChI is InChI=1S/C21H28N2O5S/c24-14-13-22(15-18-7-3-1-4-8-18)16-21(26)17-23(12-11-20(21)25)29(27,28)19-9-5-2-6-10-19/h1-10,20,24-26H,11-17H2/t20-,21+/m0/s1. The maximum atomic E-state index is 13.0. The molecule has 2 aromatic rings. The van der Waals surface area contributed by atoms with E-state index in [1.807, 2.05) is 35.2 Å². The minimum atomic E-state index is -3.77. The Hall–Kier alpha value is -1.81. The van der Waals surface area contributed by atoms with E-state index in [9.17, 15) is 23.7 Å². The van der Waals surface area contributed by atoms with E-state index < -0.39 is 21.7 Å². The van der Waals surface area contributed by atoms with Crippen LogP contribution in [-0.2, 0) is 16.6 Å². The van der Waals surface area contributed by atoms with Gasteiger partial charge in [0.05, 0.1) is 17.6 Å². The Morgan fingerprint density at radius 1 is 1.07 bits per heavy atom. The highest BCUT2D eigenvalue weighted by Gasteiger charge is 2.45. The largest absolute Gasteiger partial charge is 0.395 e. The molecular formula is C21H28N2O5S. The van der Waals surface area contributed by atoms with Gasteiger partial charge in [0.1, 0.15) is 5.60 Å². The van der Waals surface area contributed by atoms with Crippen molar-refractivity contribution in [3.05, 3.63) is 66.2 Å². The Labute approximate surface area is 171 Å². The summed E-state index contributed by atoms with van der Waals surface area (Å²) in [6.07, 6.45) is -0.914. The van der Waals surface area contributed by atoms with Gasteiger partial charge in [-0.25, -0.2) is 8.42 Å². The van der Waals surface area contributed by atoms with Gasteiger partial charge in [0.25, 0.3) is 0 Å². The molecule has 0 saturated carbocycles. The molecule has 0 aliphatic carbocycles. The molecule has 158 valence electrons. The maximum Gasteiger partial charge on any atom is 0.243 e. The van der Waals surface area contributed by atoms with Gasteiger partial charge in [-0.3, -0.25) is 4.90 Å². The SMILES string of the molecule is O=S(=O)(c1ccccc1)N1CC[C@H](O)[C@@](O)(CN(CCO)Cc2ccccc2)C1. The molecular weight excluding hydrogens is 392 g/mol. The second kappa shape index (κ2) is 9.34. The van der Waals surface area contributed by atoms with E-state index >= 15 is 0 Å². The number of aliphatic hydroxyl groups excluding tert-OH is 2. The number of rotatable bonds is 8. The van der Waals surface area contributed by atoms with E-state index in [0.717, 1.165) is 5.56 Å². The number of aliphatic hydroxyl groups is 3. The molecule has 1 aliphatic heterocycles. The highest BCUT2D eigenvalue weighted by Crippen LogP contribution is 2.28. The molecule has 0 amide bonds. The number of sulfonamides is 1. The van der Waals surface area contributed by atoms with Crippen molar-refractivity contribution in [2.24, 2.45) is 0 Å². The van der Waals surface area contributed by atoms with Crippen LogP contribution in [0.3, 0.4) is 0 Å². The van der Waals surface area contributed by atoms with Crippen molar-refractivity contribution in [1.82, 2.24) is 9.21 Å². The van der Waals surface area contributed by atoms with Crippen LogP contribution >= 0.6 is 0 Å². The van der Waals surface area contributed by atoms with Gasteiger partial charge in [-0.2, -0.15) is 4.31 Å². The lowest BCUT2D eigenvalue weighted by Crippen LogP contribution is -2.62. The second-order valence-corrected chi connectivity index (χ2v) is 9.42. The zero-order chi connectivity index (χ0) is 20.9. The van der Waals surface area contributed by atoms with Crippen molar-refractivity contribution in [1.29, 1.82) is 0 Å². The molecule has 2 atom stereocenters. The van der Waals surface area contributed by atoms with E-state index in [4.69, 9.17) is 0 Å². The van der Waals surface area contributed by atoms with Crippen molar-refractivity contribution >= 4 is 10.0 Å². The third-order valence-electron chi connectivity index (χ3n) is 5.27. The van der Waals surface area contributed by atoms with Crippen molar-refractivity contribution in [2.45, 2.75) is 29.6 Å². The summed E-state index contributed by atoms with van der Waals surface area (Å²) >= 11 is 0. The molecule has 2 aromatic carbocycles. The molecule has 0 aromatic heterocycles. The molecule has 1 aliphatic rings. The Balaban J connectivity index is 1.78. The number of hydrogen-bond acceptors (Lipinski definition) is 6. The zero-order valence-electron chi connectivity index (χ0n) is 16.3. The number of nitrogens with zero attached hydrogens (tertiary/aromatic N) is 2. The van der Waals surface area contributed by atoms with Crippen LogP contribution in [0.15, 0.2) is 65.6 Å². The molecule has 29 heavy (non-hydrogen) atoms. The Morgan fingerprint density at radius 2 is 1.69 bits per heavy atom. The fraction of sp³-hybridized carbons (Fsp3) is 0.429. The average Bonchev–Trinajstić information content (AvgIpc) is 2.71. The lowest BCUT2D eigenvalue weighted by Gasteiger charge is -2.44. The van der Waals surface area contributed by atoms with Crippen LogP contribution < -0.4 is 0 Å². The monoisotopic (exact) mass is 420 g/mol. The number of piperidine rings is 1. The first-order valence-electron chi connectivity index (χ1n) is 9.68. The van der Waals surface area contributed by atoms with Gasteiger partial charge in [-0.15, -0.1) is 0 Å². The van der Waals surface area contributed by atoms with E-state index in [0.29, 0.717) is 13.1 Å². The van der Waals surface area contributed by atoms with Gasteiger partial charge in [0.15, 0.2) is 0 Å². The molecule has 0 unspecified atom stereocenters. The summed E-state index contributed by atoms with van der Waals surface area (Å²) in [5, 5.41) is 31.2. The molecule has 0 spiro atoms. The van der Waals surface area contributed by atoms with E-state index in [1.165, 1.54) is 16.4 Å². The third kappa shape index (κ3) is 5.22.